The van der Waals surface area contributed by atoms with Crippen LogP contribution in [0, 0.1) is 12.8 Å². The molecule has 1 aromatic carbocycles. The van der Waals surface area contributed by atoms with Gasteiger partial charge in [0, 0.05) is 21.5 Å². The number of aryl methyl sites for hydroxylation is 1. The zero-order valence-corrected chi connectivity index (χ0v) is 18.9. The molecule has 0 aliphatic heterocycles. The number of halogens is 2. The van der Waals surface area contributed by atoms with E-state index >= 15 is 0 Å². The largest absolute Gasteiger partial charge is 0.309 e. The van der Waals surface area contributed by atoms with E-state index in [1.54, 1.807) is 17.4 Å². The maximum absolute atomic E-state index is 12.8. The van der Waals surface area contributed by atoms with E-state index in [1.165, 1.54) is 4.88 Å². The van der Waals surface area contributed by atoms with Crippen LogP contribution in [0.3, 0.4) is 0 Å². The standard InChI is InChI=1S/C21H25Cl2N3OS/c1-5-12(2)8-16-13(3)28-21-19(16)20(27)24-18(25-21)11-26(4)10-14-6-7-15(22)9-17(14)23/h6-7,9,12H,5,8,10-11H2,1-4H3,(H,24,25,27)/t12-/m0/s1. The lowest BCUT2D eigenvalue weighted by Gasteiger charge is -2.17. The molecule has 2 heterocycles. The van der Waals surface area contributed by atoms with Crippen molar-refractivity contribution in [2.24, 2.45) is 5.92 Å². The van der Waals surface area contributed by atoms with E-state index < -0.39 is 0 Å². The third-order valence-electron chi connectivity index (χ3n) is 5.04. The molecule has 0 saturated carbocycles. The topological polar surface area (TPSA) is 49.0 Å². The number of nitrogens with one attached hydrogen (secondary N) is 1. The molecule has 150 valence electrons. The fourth-order valence-corrected chi connectivity index (χ4v) is 4.83. The average molecular weight is 438 g/mol. The number of hydrogen-bond donors (Lipinski definition) is 1. The Labute approximate surface area is 179 Å². The van der Waals surface area contributed by atoms with Crippen molar-refractivity contribution in [3.05, 3.63) is 60.4 Å². The first-order valence-corrected chi connectivity index (χ1v) is 11.0. The molecule has 7 heteroatoms. The third-order valence-corrected chi connectivity index (χ3v) is 6.66. The molecule has 3 rings (SSSR count). The molecule has 1 N–H and O–H groups in total. The van der Waals surface area contributed by atoms with Gasteiger partial charge in [0.25, 0.3) is 5.56 Å². The summed E-state index contributed by atoms with van der Waals surface area (Å²) in [5.41, 5.74) is 2.09. The highest BCUT2D eigenvalue weighted by Gasteiger charge is 2.17. The number of thiophene rings is 1. The highest BCUT2D eigenvalue weighted by Crippen LogP contribution is 2.29. The molecule has 0 saturated heterocycles. The molecule has 0 aliphatic carbocycles. The molecule has 0 unspecified atom stereocenters. The van der Waals surface area contributed by atoms with E-state index in [0.717, 1.165) is 34.2 Å². The van der Waals surface area contributed by atoms with Crippen LogP contribution in [0.25, 0.3) is 10.2 Å². The molecular formula is C21H25Cl2N3OS. The Bertz CT molecular complexity index is 1040. The van der Waals surface area contributed by atoms with Gasteiger partial charge in [0.2, 0.25) is 0 Å². The quantitative estimate of drug-likeness (QED) is 0.506. The van der Waals surface area contributed by atoms with Gasteiger partial charge in [-0.3, -0.25) is 9.69 Å². The van der Waals surface area contributed by atoms with Crippen LogP contribution in [-0.4, -0.2) is 21.9 Å². The Balaban J connectivity index is 1.83. The predicted octanol–water partition coefficient (Wildman–Crippen LogP) is 5.82. The smallest absolute Gasteiger partial charge is 0.259 e. The van der Waals surface area contributed by atoms with Crippen LogP contribution >= 0.6 is 34.5 Å². The molecule has 0 radical (unpaired) electrons. The maximum Gasteiger partial charge on any atom is 0.259 e. The molecule has 4 nitrogen and oxygen atoms in total. The zero-order valence-electron chi connectivity index (χ0n) is 16.6. The second-order valence-corrected chi connectivity index (χ2v) is 9.50. The Hall–Kier alpha value is -1.40. The van der Waals surface area contributed by atoms with Crippen molar-refractivity contribution in [2.45, 2.75) is 46.7 Å². The van der Waals surface area contributed by atoms with Crippen LogP contribution in [0.15, 0.2) is 23.0 Å². The lowest BCUT2D eigenvalue weighted by Crippen LogP contribution is -2.22. The van der Waals surface area contributed by atoms with Gasteiger partial charge >= 0.3 is 0 Å². The van der Waals surface area contributed by atoms with Gasteiger partial charge in [-0.05, 0) is 49.6 Å². The summed E-state index contributed by atoms with van der Waals surface area (Å²) in [6.07, 6.45) is 2.01. The van der Waals surface area contributed by atoms with Crippen molar-refractivity contribution < 1.29 is 0 Å². The predicted molar refractivity (Wildman–Crippen MR) is 120 cm³/mol. The molecule has 0 fully saturated rings. The van der Waals surface area contributed by atoms with Gasteiger partial charge in [-0.1, -0.05) is 49.5 Å². The number of nitrogens with zero attached hydrogens (tertiary/aromatic N) is 2. The zero-order chi connectivity index (χ0) is 20.4. The fraction of sp³-hybridized carbons (Fsp3) is 0.429. The Morgan fingerprint density at radius 2 is 2.04 bits per heavy atom. The fourth-order valence-electron chi connectivity index (χ4n) is 3.29. The Morgan fingerprint density at radius 1 is 1.29 bits per heavy atom. The minimum absolute atomic E-state index is 0.0411. The van der Waals surface area contributed by atoms with Crippen molar-refractivity contribution in [2.75, 3.05) is 7.05 Å². The van der Waals surface area contributed by atoms with Gasteiger partial charge < -0.3 is 4.98 Å². The summed E-state index contributed by atoms with van der Waals surface area (Å²) in [5.74, 6) is 1.22. The summed E-state index contributed by atoms with van der Waals surface area (Å²) >= 11 is 13.8. The lowest BCUT2D eigenvalue weighted by atomic mass is 9.98. The highest BCUT2D eigenvalue weighted by molar-refractivity contribution is 7.18. The van der Waals surface area contributed by atoms with Crippen molar-refractivity contribution in [1.29, 1.82) is 0 Å². The van der Waals surface area contributed by atoms with Crippen molar-refractivity contribution in [3.63, 3.8) is 0 Å². The second kappa shape index (κ2) is 8.95. The van der Waals surface area contributed by atoms with Crippen LogP contribution in [0.1, 0.15) is 42.1 Å². The molecule has 0 amide bonds. The number of aromatic amines is 1. The van der Waals surface area contributed by atoms with E-state index in [-0.39, 0.29) is 5.56 Å². The Kier molecular flexibility index (Phi) is 6.81. The molecule has 28 heavy (non-hydrogen) atoms. The lowest BCUT2D eigenvalue weighted by molar-refractivity contribution is 0.311. The van der Waals surface area contributed by atoms with E-state index in [0.29, 0.717) is 34.9 Å². The minimum atomic E-state index is -0.0411. The maximum atomic E-state index is 12.8. The van der Waals surface area contributed by atoms with Crippen molar-refractivity contribution in [3.8, 4) is 0 Å². The van der Waals surface area contributed by atoms with Gasteiger partial charge in [-0.2, -0.15) is 0 Å². The van der Waals surface area contributed by atoms with Crippen molar-refractivity contribution >= 4 is 44.8 Å². The summed E-state index contributed by atoms with van der Waals surface area (Å²) in [5, 5.41) is 2.02. The normalized spacial score (nSPS) is 12.8. The van der Waals surface area contributed by atoms with Crippen LogP contribution < -0.4 is 5.56 Å². The van der Waals surface area contributed by atoms with E-state index in [9.17, 15) is 4.79 Å². The van der Waals surface area contributed by atoms with Crippen LogP contribution in [-0.2, 0) is 19.5 Å². The summed E-state index contributed by atoms with van der Waals surface area (Å²) in [4.78, 5) is 24.6. The molecule has 0 aliphatic rings. The van der Waals surface area contributed by atoms with Crippen LogP contribution in [0.4, 0.5) is 0 Å². The molecule has 0 bridgehead atoms. The van der Waals surface area contributed by atoms with Gasteiger partial charge in [0.05, 0.1) is 11.9 Å². The van der Waals surface area contributed by atoms with Gasteiger partial charge in [0.15, 0.2) is 0 Å². The third kappa shape index (κ3) is 4.77. The van der Waals surface area contributed by atoms with Crippen LogP contribution in [0.5, 0.6) is 0 Å². The molecule has 1 atom stereocenters. The molecule has 2 aromatic heterocycles. The number of H-pyrrole nitrogens is 1. The first-order valence-electron chi connectivity index (χ1n) is 9.42. The number of rotatable bonds is 7. The molecular weight excluding hydrogens is 413 g/mol. The van der Waals surface area contributed by atoms with E-state index in [4.69, 9.17) is 28.2 Å². The highest BCUT2D eigenvalue weighted by atomic mass is 35.5. The number of benzene rings is 1. The first-order chi connectivity index (χ1) is 13.3. The van der Waals surface area contributed by atoms with Gasteiger partial charge in [-0.15, -0.1) is 11.3 Å². The molecule has 0 spiro atoms. The second-order valence-electron chi connectivity index (χ2n) is 7.46. The summed E-state index contributed by atoms with van der Waals surface area (Å²) in [7, 11) is 1.98. The first kappa shape index (κ1) is 21.3. The number of hydrogen-bond acceptors (Lipinski definition) is 4. The van der Waals surface area contributed by atoms with E-state index in [2.05, 4.69) is 30.7 Å². The average Bonchev–Trinajstić information content (AvgIpc) is 2.93. The number of fused-ring (bicyclic) bond motifs is 1. The van der Waals surface area contributed by atoms with Gasteiger partial charge in [-0.25, -0.2) is 4.98 Å². The summed E-state index contributed by atoms with van der Waals surface area (Å²) in [6, 6.07) is 5.49. The van der Waals surface area contributed by atoms with Crippen LogP contribution in [0.2, 0.25) is 10.0 Å². The summed E-state index contributed by atoms with van der Waals surface area (Å²) in [6.45, 7) is 7.65. The van der Waals surface area contributed by atoms with Gasteiger partial charge in [0.1, 0.15) is 10.7 Å². The Morgan fingerprint density at radius 3 is 2.71 bits per heavy atom. The number of aromatic nitrogens is 2. The SMILES string of the molecule is CC[C@H](C)Cc1c(C)sc2nc(CN(C)Cc3ccc(Cl)cc3Cl)[nH]c(=O)c12. The monoisotopic (exact) mass is 437 g/mol. The molecule has 3 aromatic rings. The minimum Gasteiger partial charge on any atom is -0.309 e. The van der Waals surface area contributed by atoms with Crippen molar-refractivity contribution in [1.82, 2.24) is 14.9 Å². The summed E-state index contributed by atoms with van der Waals surface area (Å²) < 4.78 is 0. The van der Waals surface area contributed by atoms with E-state index in [1.807, 2.05) is 19.2 Å².